The van der Waals surface area contributed by atoms with Gasteiger partial charge in [-0.1, -0.05) is 29.8 Å². The van der Waals surface area contributed by atoms with E-state index in [2.05, 4.69) is 16.7 Å². The van der Waals surface area contributed by atoms with Crippen LogP contribution in [-0.4, -0.2) is 37.6 Å². The Morgan fingerprint density at radius 2 is 1.96 bits per heavy atom. The molecule has 27 heavy (non-hydrogen) atoms. The maximum absolute atomic E-state index is 12.4. The minimum atomic E-state index is -0.352. The van der Waals surface area contributed by atoms with Crippen molar-refractivity contribution in [1.82, 2.24) is 10.6 Å². The minimum absolute atomic E-state index is 0. The number of rotatable bonds is 7. The van der Waals surface area contributed by atoms with Crippen LogP contribution in [0.1, 0.15) is 43.2 Å². The molecule has 1 aromatic carbocycles. The molecular weight excluding hydrogens is 364 g/mol. The maximum atomic E-state index is 12.4. The quantitative estimate of drug-likeness (QED) is 0.698. The zero-order valence-electron chi connectivity index (χ0n) is 16.2. The molecule has 5 nitrogen and oxygen atoms in total. The van der Waals surface area contributed by atoms with Crippen molar-refractivity contribution in [3.63, 3.8) is 0 Å². The highest BCUT2D eigenvalue weighted by Gasteiger charge is 2.34. The number of carbonyl (C=O) groups excluding carboxylic acids is 2. The minimum Gasteiger partial charge on any atom is -0.469 e. The zero-order chi connectivity index (χ0) is 18.5. The molecule has 0 radical (unpaired) electrons. The molecular formula is C21H31ClN2O3. The van der Waals surface area contributed by atoms with Crippen LogP contribution in [0.15, 0.2) is 24.3 Å². The molecule has 0 spiro atoms. The van der Waals surface area contributed by atoms with Gasteiger partial charge in [-0.25, -0.2) is 0 Å². The van der Waals surface area contributed by atoms with E-state index in [1.165, 1.54) is 20.0 Å². The Balaban J connectivity index is 0.00000261. The number of fused-ring (bicyclic) bond motifs is 2. The number of amides is 1. The van der Waals surface area contributed by atoms with Crippen LogP contribution in [0.4, 0.5) is 0 Å². The van der Waals surface area contributed by atoms with E-state index < -0.39 is 0 Å². The molecule has 3 rings (SSSR count). The summed E-state index contributed by atoms with van der Waals surface area (Å²) in [5, 5.41) is 6.58. The third-order valence-electron chi connectivity index (χ3n) is 5.69. The van der Waals surface area contributed by atoms with Crippen LogP contribution < -0.4 is 10.6 Å². The second-order valence-electron chi connectivity index (χ2n) is 7.90. The highest BCUT2D eigenvalue weighted by molar-refractivity contribution is 5.85. The Morgan fingerprint density at radius 1 is 1.26 bits per heavy atom. The lowest BCUT2D eigenvalue weighted by Gasteiger charge is -2.28. The average Bonchev–Trinajstić information content (AvgIpc) is 2.96. The number of aryl methyl sites for hydroxylation is 1. The van der Waals surface area contributed by atoms with Gasteiger partial charge in [-0.2, -0.15) is 0 Å². The van der Waals surface area contributed by atoms with E-state index in [4.69, 9.17) is 4.74 Å². The Hall–Kier alpha value is -1.59. The van der Waals surface area contributed by atoms with Crippen LogP contribution in [0.5, 0.6) is 0 Å². The Bertz CT molecular complexity index is 640. The monoisotopic (exact) mass is 394 g/mol. The molecule has 0 aliphatic carbocycles. The summed E-state index contributed by atoms with van der Waals surface area (Å²) in [5.74, 6) is -0.113. The molecule has 3 unspecified atom stereocenters. The summed E-state index contributed by atoms with van der Waals surface area (Å²) in [7, 11) is 1.40. The van der Waals surface area contributed by atoms with Crippen molar-refractivity contribution >= 4 is 24.3 Å². The molecule has 2 fully saturated rings. The molecule has 150 valence electrons. The first-order valence-corrected chi connectivity index (χ1v) is 9.69. The van der Waals surface area contributed by atoms with Crippen molar-refractivity contribution < 1.29 is 14.3 Å². The van der Waals surface area contributed by atoms with Crippen LogP contribution in [0, 0.1) is 18.8 Å². The number of benzene rings is 1. The summed E-state index contributed by atoms with van der Waals surface area (Å²) in [6.07, 6.45) is 5.80. The van der Waals surface area contributed by atoms with E-state index in [1.807, 2.05) is 25.1 Å². The first-order chi connectivity index (χ1) is 12.5. The van der Waals surface area contributed by atoms with Gasteiger partial charge < -0.3 is 15.4 Å². The van der Waals surface area contributed by atoms with Crippen LogP contribution >= 0.6 is 12.4 Å². The van der Waals surface area contributed by atoms with Gasteiger partial charge in [0.25, 0.3) is 0 Å². The standard InChI is InChI=1S/C21H30N2O3.ClH/c1-14-4-3-5-15(8-14)9-17(21(25)26-2)13-22-20(24)12-16-10-18-6-7-19(11-16)23-18;/h3-5,8,16-19,23H,6-7,9-13H2,1-2H3,(H,22,24);1H. The van der Waals surface area contributed by atoms with Gasteiger partial charge in [0.2, 0.25) is 5.91 Å². The normalized spacial score (nSPS) is 24.6. The van der Waals surface area contributed by atoms with Gasteiger partial charge in [-0.05, 0) is 50.5 Å². The summed E-state index contributed by atoms with van der Waals surface area (Å²) in [6.45, 7) is 2.36. The highest BCUT2D eigenvalue weighted by atomic mass is 35.5. The summed E-state index contributed by atoms with van der Waals surface area (Å²) in [4.78, 5) is 24.5. The molecule has 0 saturated carbocycles. The van der Waals surface area contributed by atoms with Gasteiger partial charge in [0.1, 0.15) is 0 Å². The molecule has 6 heteroatoms. The number of esters is 1. The van der Waals surface area contributed by atoms with E-state index in [-0.39, 0.29) is 30.2 Å². The number of carbonyl (C=O) groups is 2. The van der Waals surface area contributed by atoms with Gasteiger partial charge in [0, 0.05) is 25.0 Å². The fraction of sp³-hybridized carbons (Fsp3) is 0.619. The molecule has 2 aliphatic heterocycles. The molecule has 2 N–H and O–H groups in total. The highest BCUT2D eigenvalue weighted by Crippen LogP contribution is 2.32. The fourth-order valence-electron chi connectivity index (χ4n) is 4.44. The molecule has 2 bridgehead atoms. The Kier molecular flexibility index (Phi) is 8.11. The largest absolute Gasteiger partial charge is 0.469 e. The van der Waals surface area contributed by atoms with Gasteiger partial charge in [0.05, 0.1) is 13.0 Å². The molecule has 3 atom stereocenters. The first kappa shape index (κ1) is 21.7. The lowest BCUT2D eigenvalue weighted by molar-refractivity contribution is -0.145. The second kappa shape index (κ2) is 10.1. The molecule has 2 heterocycles. The van der Waals surface area contributed by atoms with Crippen LogP contribution in [-0.2, 0) is 20.7 Å². The molecule has 2 aliphatic rings. The number of hydrogen-bond donors (Lipinski definition) is 2. The average molecular weight is 395 g/mol. The van der Waals surface area contributed by atoms with Crippen molar-refractivity contribution in [3.05, 3.63) is 35.4 Å². The van der Waals surface area contributed by atoms with Crippen molar-refractivity contribution in [3.8, 4) is 0 Å². The number of methoxy groups -OCH3 is 1. The second-order valence-corrected chi connectivity index (χ2v) is 7.90. The van der Waals surface area contributed by atoms with Crippen molar-refractivity contribution in [2.24, 2.45) is 11.8 Å². The molecule has 1 amide bonds. The lowest BCUT2D eigenvalue weighted by Crippen LogP contribution is -2.40. The number of nitrogens with one attached hydrogen (secondary N) is 2. The third kappa shape index (κ3) is 6.22. The van der Waals surface area contributed by atoms with Crippen LogP contribution in [0.3, 0.4) is 0 Å². The van der Waals surface area contributed by atoms with E-state index >= 15 is 0 Å². The predicted octanol–water partition coefficient (Wildman–Crippen LogP) is 2.79. The van der Waals surface area contributed by atoms with Crippen molar-refractivity contribution in [1.29, 1.82) is 0 Å². The van der Waals surface area contributed by atoms with E-state index in [0.717, 1.165) is 24.0 Å². The number of ether oxygens (including phenoxy) is 1. The van der Waals surface area contributed by atoms with Crippen molar-refractivity contribution in [2.45, 2.75) is 57.5 Å². The molecule has 2 saturated heterocycles. The molecule has 1 aromatic rings. The SMILES string of the molecule is COC(=O)C(CNC(=O)CC1CC2CCC(C1)N2)Cc1cccc(C)c1.Cl. The summed E-state index contributed by atoms with van der Waals surface area (Å²) < 4.78 is 4.93. The third-order valence-corrected chi connectivity index (χ3v) is 5.69. The van der Waals surface area contributed by atoms with E-state index in [1.54, 1.807) is 0 Å². The number of hydrogen-bond acceptors (Lipinski definition) is 4. The van der Waals surface area contributed by atoms with Crippen LogP contribution in [0.2, 0.25) is 0 Å². The van der Waals surface area contributed by atoms with Crippen LogP contribution in [0.25, 0.3) is 0 Å². The summed E-state index contributed by atoms with van der Waals surface area (Å²) in [5.41, 5.74) is 2.25. The van der Waals surface area contributed by atoms with Gasteiger partial charge >= 0.3 is 5.97 Å². The zero-order valence-corrected chi connectivity index (χ0v) is 17.0. The van der Waals surface area contributed by atoms with E-state index in [9.17, 15) is 9.59 Å². The Labute approximate surface area is 168 Å². The smallest absolute Gasteiger partial charge is 0.310 e. The Morgan fingerprint density at radius 3 is 2.59 bits per heavy atom. The summed E-state index contributed by atoms with van der Waals surface area (Å²) >= 11 is 0. The number of piperidine rings is 1. The fourth-order valence-corrected chi connectivity index (χ4v) is 4.44. The van der Waals surface area contributed by atoms with E-state index in [0.29, 0.717) is 37.4 Å². The maximum Gasteiger partial charge on any atom is 0.310 e. The van der Waals surface area contributed by atoms with Crippen molar-refractivity contribution in [2.75, 3.05) is 13.7 Å². The van der Waals surface area contributed by atoms with Gasteiger partial charge in [-0.3, -0.25) is 9.59 Å². The predicted molar refractivity (Wildman–Crippen MR) is 108 cm³/mol. The topological polar surface area (TPSA) is 67.4 Å². The molecule has 0 aromatic heterocycles. The number of halogens is 1. The van der Waals surface area contributed by atoms with Gasteiger partial charge in [-0.15, -0.1) is 12.4 Å². The first-order valence-electron chi connectivity index (χ1n) is 9.69. The lowest BCUT2D eigenvalue weighted by atomic mass is 9.89. The summed E-state index contributed by atoms with van der Waals surface area (Å²) in [6, 6.07) is 9.29. The van der Waals surface area contributed by atoms with Gasteiger partial charge in [0.15, 0.2) is 0 Å².